The lowest BCUT2D eigenvalue weighted by Gasteiger charge is -2.32. The first-order valence-corrected chi connectivity index (χ1v) is 7.56. The van der Waals surface area contributed by atoms with E-state index in [-0.39, 0.29) is 5.91 Å². The summed E-state index contributed by atoms with van der Waals surface area (Å²) in [5.74, 6) is 0.829. The Hall–Kier alpha value is -1.09. The van der Waals surface area contributed by atoms with Crippen molar-refractivity contribution in [2.45, 2.75) is 38.5 Å². The first-order chi connectivity index (χ1) is 9.24. The van der Waals surface area contributed by atoms with Gasteiger partial charge in [-0.2, -0.15) is 0 Å². The lowest BCUT2D eigenvalue weighted by atomic mass is 9.88. The van der Waals surface area contributed by atoms with E-state index in [0.717, 1.165) is 30.8 Å². The number of pyridine rings is 1. The lowest BCUT2D eigenvalue weighted by Crippen LogP contribution is -2.41. The summed E-state index contributed by atoms with van der Waals surface area (Å²) in [6, 6.07) is 3.53. The number of carbonyl (C=O) groups is 1. The van der Waals surface area contributed by atoms with Gasteiger partial charge in [-0.3, -0.25) is 4.79 Å². The minimum atomic E-state index is 0.135. The first-order valence-electron chi connectivity index (χ1n) is 7.19. The summed E-state index contributed by atoms with van der Waals surface area (Å²) < 4.78 is 0. The molecular weight excluding hydrogens is 260 g/mol. The zero-order chi connectivity index (χ0) is 13.2. The van der Waals surface area contributed by atoms with Crippen molar-refractivity contribution in [3.8, 4) is 0 Å². The second kappa shape index (κ2) is 5.49. The molecule has 3 rings (SSSR count). The number of nitrogens with zero attached hydrogens (tertiary/aromatic N) is 2. The van der Waals surface area contributed by atoms with E-state index in [1.807, 2.05) is 11.0 Å². The van der Waals surface area contributed by atoms with Gasteiger partial charge in [-0.15, -0.1) is 0 Å². The molecule has 0 aromatic carbocycles. The topological polar surface area (TPSA) is 33.2 Å². The van der Waals surface area contributed by atoms with Crippen LogP contribution in [0.25, 0.3) is 0 Å². The SMILES string of the molecule is O=C1c2ccc(Cl)nc2CCN1CC1CCCCC1. The molecule has 19 heavy (non-hydrogen) atoms. The Balaban J connectivity index is 1.72. The highest BCUT2D eigenvalue weighted by Crippen LogP contribution is 2.27. The smallest absolute Gasteiger partial charge is 0.255 e. The van der Waals surface area contributed by atoms with Crippen LogP contribution >= 0.6 is 11.6 Å². The Morgan fingerprint density at radius 2 is 2.05 bits per heavy atom. The second-order valence-corrected chi connectivity index (χ2v) is 6.02. The molecule has 1 aliphatic carbocycles. The second-order valence-electron chi connectivity index (χ2n) is 5.63. The number of hydrogen-bond acceptors (Lipinski definition) is 2. The van der Waals surface area contributed by atoms with Crippen LogP contribution in [-0.2, 0) is 6.42 Å². The molecule has 1 aromatic heterocycles. The zero-order valence-electron chi connectivity index (χ0n) is 11.1. The quantitative estimate of drug-likeness (QED) is 0.778. The van der Waals surface area contributed by atoms with Crippen molar-refractivity contribution in [3.63, 3.8) is 0 Å². The molecule has 0 N–H and O–H groups in total. The number of fused-ring (bicyclic) bond motifs is 1. The lowest BCUT2D eigenvalue weighted by molar-refractivity contribution is 0.0695. The predicted octanol–water partition coefficient (Wildman–Crippen LogP) is 3.31. The summed E-state index contributed by atoms with van der Waals surface area (Å²) >= 11 is 5.88. The maximum Gasteiger partial charge on any atom is 0.255 e. The number of carbonyl (C=O) groups excluding carboxylic acids is 1. The standard InChI is InChI=1S/C15H19ClN2O/c16-14-7-6-12-13(17-14)8-9-18(15(12)19)10-11-4-2-1-3-5-11/h6-7,11H,1-5,8-10H2. The molecule has 0 unspecified atom stereocenters. The van der Waals surface area contributed by atoms with Gasteiger partial charge in [-0.05, 0) is 30.9 Å². The third-order valence-corrected chi connectivity index (χ3v) is 4.49. The van der Waals surface area contributed by atoms with Crippen LogP contribution in [0.5, 0.6) is 0 Å². The molecule has 1 saturated carbocycles. The van der Waals surface area contributed by atoms with Gasteiger partial charge in [-0.25, -0.2) is 4.98 Å². The largest absolute Gasteiger partial charge is 0.338 e. The van der Waals surface area contributed by atoms with E-state index in [4.69, 9.17) is 11.6 Å². The molecule has 0 spiro atoms. The van der Waals surface area contributed by atoms with Crippen LogP contribution < -0.4 is 0 Å². The molecule has 0 bridgehead atoms. The summed E-state index contributed by atoms with van der Waals surface area (Å²) in [5, 5.41) is 0.479. The maximum absolute atomic E-state index is 12.4. The van der Waals surface area contributed by atoms with Crippen LogP contribution in [0.15, 0.2) is 12.1 Å². The van der Waals surface area contributed by atoms with Crippen molar-refractivity contribution in [3.05, 3.63) is 28.5 Å². The van der Waals surface area contributed by atoms with Crippen molar-refractivity contribution in [2.75, 3.05) is 13.1 Å². The van der Waals surface area contributed by atoms with Crippen LogP contribution in [0, 0.1) is 5.92 Å². The predicted molar refractivity (Wildman–Crippen MR) is 75.4 cm³/mol. The zero-order valence-corrected chi connectivity index (χ0v) is 11.8. The minimum absolute atomic E-state index is 0.135. The van der Waals surface area contributed by atoms with Crippen LogP contribution in [0.3, 0.4) is 0 Å². The van der Waals surface area contributed by atoms with Gasteiger partial charge in [0.1, 0.15) is 5.15 Å². The third kappa shape index (κ3) is 2.76. The average molecular weight is 279 g/mol. The molecule has 2 heterocycles. The maximum atomic E-state index is 12.4. The first kappa shape index (κ1) is 12.9. The fourth-order valence-corrected chi connectivity index (χ4v) is 3.39. The Morgan fingerprint density at radius 1 is 1.26 bits per heavy atom. The van der Waals surface area contributed by atoms with Gasteiger partial charge < -0.3 is 4.90 Å². The summed E-state index contributed by atoms with van der Waals surface area (Å²) in [6.45, 7) is 1.70. The fourth-order valence-electron chi connectivity index (χ4n) is 3.23. The molecule has 1 fully saturated rings. The summed E-state index contributed by atoms with van der Waals surface area (Å²) in [7, 11) is 0. The fraction of sp³-hybridized carbons (Fsp3) is 0.600. The Kier molecular flexibility index (Phi) is 3.74. The van der Waals surface area contributed by atoms with Crippen LogP contribution in [0.2, 0.25) is 5.15 Å². The monoisotopic (exact) mass is 278 g/mol. The van der Waals surface area contributed by atoms with Crippen molar-refractivity contribution >= 4 is 17.5 Å². The van der Waals surface area contributed by atoms with E-state index in [1.165, 1.54) is 32.1 Å². The molecule has 4 heteroatoms. The minimum Gasteiger partial charge on any atom is -0.338 e. The highest BCUT2D eigenvalue weighted by atomic mass is 35.5. The molecule has 2 aliphatic rings. The highest BCUT2D eigenvalue weighted by molar-refractivity contribution is 6.29. The molecule has 0 saturated heterocycles. The van der Waals surface area contributed by atoms with E-state index in [9.17, 15) is 4.79 Å². The van der Waals surface area contributed by atoms with Crippen LogP contribution in [0.1, 0.15) is 48.2 Å². The molecule has 0 atom stereocenters. The average Bonchev–Trinajstić information content (AvgIpc) is 2.43. The van der Waals surface area contributed by atoms with Gasteiger partial charge >= 0.3 is 0 Å². The van der Waals surface area contributed by atoms with Gasteiger partial charge in [0.05, 0.1) is 11.3 Å². The van der Waals surface area contributed by atoms with Crippen molar-refractivity contribution in [1.82, 2.24) is 9.88 Å². The van der Waals surface area contributed by atoms with E-state index >= 15 is 0 Å². The Labute approximate surface area is 119 Å². The Bertz CT molecular complexity index is 483. The third-order valence-electron chi connectivity index (χ3n) is 4.28. The van der Waals surface area contributed by atoms with E-state index in [1.54, 1.807) is 6.07 Å². The van der Waals surface area contributed by atoms with Crippen molar-refractivity contribution in [2.24, 2.45) is 5.92 Å². The van der Waals surface area contributed by atoms with Gasteiger partial charge in [0.2, 0.25) is 0 Å². The Morgan fingerprint density at radius 3 is 2.84 bits per heavy atom. The number of rotatable bonds is 2. The number of aromatic nitrogens is 1. The number of amides is 1. The normalized spacial score (nSPS) is 20.5. The van der Waals surface area contributed by atoms with Crippen LogP contribution in [0.4, 0.5) is 0 Å². The van der Waals surface area contributed by atoms with Gasteiger partial charge in [0, 0.05) is 19.5 Å². The van der Waals surface area contributed by atoms with Crippen molar-refractivity contribution in [1.29, 1.82) is 0 Å². The summed E-state index contributed by atoms with van der Waals surface area (Å²) in [5.41, 5.74) is 1.60. The highest BCUT2D eigenvalue weighted by Gasteiger charge is 2.27. The molecule has 1 aliphatic heterocycles. The summed E-state index contributed by atoms with van der Waals surface area (Å²) in [6.07, 6.45) is 7.37. The number of hydrogen-bond donors (Lipinski definition) is 0. The van der Waals surface area contributed by atoms with Crippen molar-refractivity contribution < 1.29 is 4.79 Å². The van der Waals surface area contributed by atoms with Gasteiger partial charge in [0.15, 0.2) is 0 Å². The number of halogens is 1. The van der Waals surface area contributed by atoms with E-state index < -0.39 is 0 Å². The molecule has 1 amide bonds. The summed E-state index contributed by atoms with van der Waals surface area (Å²) in [4.78, 5) is 18.7. The molecule has 3 nitrogen and oxygen atoms in total. The van der Waals surface area contributed by atoms with E-state index in [0.29, 0.717) is 11.1 Å². The van der Waals surface area contributed by atoms with Gasteiger partial charge in [-0.1, -0.05) is 30.9 Å². The van der Waals surface area contributed by atoms with E-state index in [2.05, 4.69) is 4.98 Å². The molecule has 102 valence electrons. The molecular formula is C15H19ClN2O. The van der Waals surface area contributed by atoms with Gasteiger partial charge in [0.25, 0.3) is 5.91 Å². The van der Waals surface area contributed by atoms with Crippen LogP contribution in [-0.4, -0.2) is 28.9 Å². The molecule has 0 radical (unpaired) electrons. The molecule has 1 aromatic rings.